The zero-order chi connectivity index (χ0) is 15.5. The van der Waals surface area contributed by atoms with Crippen molar-refractivity contribution in [1.82, 2.24) is 5.32 Å². The highest BCUT2D eigenvalue weighted by Crippen LogP contribution is 2.08. The van der Waals surface area contributed by atoms with Crippen LogP contribution in [0.25, 0.3) is 0 Å². The fraction of sp³-hybridized carbons (Fsp3) is 0.600. The van der Waals surface area contributed by atoms with Gasteiger partial charge in [-0.2, -0.15) is 12.6 Å². The first kappa shape index (κ1) is 18.9. The predicted octanol–water partition coefficient (Wildman–Crippen LogP) is 2.61. The van der Waals surface area contributed by atoms with Crippen molar-refractivity contribution >= 4 is 24.4 Å². The van der Waals surface area contributed by atoms with Gasteiger partial charge in [-0.15, -0.1) is 0 Å². The molecule has 20 heavy (non-hydrogen) atoms. The number of aliphatic carboxylic acids is 1. The van der Waals surface area contributed by atoms with Crippen molar-refractivity contribution < 1.29 is 14.7 Å². The minimum atomic E-state index is -0.881. The standard InChI is InChI=1S/C15H25NO3S/c1-11(5-4-6-12(2)9-13(3)17)7-8-16-14(10-20)15(18)19/h6-7,14,16,20H,4-5,8-10H2,1-3H3,(H,18,19)/t14-/m0/s1. The van der Waals surface area contributed by atoms with Crippen molar-refractivity contribution in [2.75, 3.05) is 12.3 Å². The van der Waals surface area contributed by atoms with E-state index in [0.29, 0.717) is 13.0 Å². The molecular formula is C15H25NO3S. The molecular weight excluding hydrogens is 274 g/mol. The maximum atomic E-state index is 10.9. The van der Waals surface area contributed by atoms with Gasteiger partial charge in [0.25, 0.3) is 0 Å². The molecule has 0 rings (SSSR count). The van der Waals surface area contributed by atoms with Crippen LogP contribution >= 0.6 is 12.6 Å². The molecule has 0 saturated carbocycles. The van der Waals surface area contributed by atoms with E-state index in [-0.39, 0.29) is 11.5 Å². The monoisotopic (exact) mass is 299 g/mol. The second-order valence-corrected chi connectivity index (χ2v) is 5.37. The Hall–Kier alpha value is -1.07. The van der Waals surface area contributed by atoms with E-state index in [9.17, 15) is 9.59 Å². The van der Waals surface area contributed by atoms with Crippen LogP contribution in [0.5, 0.6) is 0 Å². The van der Waals surface area contributed by atoms with Crippen LogP contribution in [0.1, 0.15) is 40.0 Å². The second kappa shape index (κ2) is 10.7. The number of carbonyl (C=O) groups is 2. The summed E-state index contributed by atoms with van der Waals surface area (Å²) in [6.07, 6.45) is 6.41. The minimum absolute atomic E-state index is 0.182. The molecule has 0 amide bonds. The van der Waals surface area contributed by atoms with Crippen molar-refractivity contribution in [3.8, 4) is 0 Å². The Balaban J connectivity index is 4.03. The fourth-order valence-electron chi connectivity index (χ4n) is 1.72. The van der Waals surface area contributed by atoms with E-state index in [4.69, 9.17) is 5.11 Å². The van der Waals surface area contributed by atoms with Crippen molar-refractivity contribution in [3.63, 3.8) is 0 Å². The number of hydrogen-bond acceptors (Lipinski definition) is 4. The number of carboxylic acid groups (broad SMARTS) is 1. The first-order chi connectivity index (χ1) is 9.36. The fourth-order valence-corrected chi connectivity index (χ4v) is 2.00. The summed E-state index contributed by atoms with van der Waals surface area (Å²) in [6.45, 7) is 6.10. The van der Waals surface area contributed by atoms with E-state index in [2.05, 4.69) is 24.0 Å². The highest BCUT2D eigenvalue weighted by Gasteiger charge is 2.12. The van der Waals surface area contributed by atoms with Crippen LogP contribution in [0.15, 0.2) is 23.3 Å². The maximum absolute atomic E-state index is 10.9. The van der Waals surface area contributed by atoms with E-state index >= 15 is 0 Å². The van der Waals surface area contributed by atoms with Crippen LogP contribution in [0, 0.1) is 0 Å². The number of Topliss-reactive ketones (excluding diaryl/α,β-unsaturated/α-hetero) is 1. The van der Waals surface area contributed by atoms with Gasteiger partial charge in [-0.3, -0.25) is 9.59 Å². The van der Waals surface area contributed by atoms with Gasteiger partial charge in [-0.05, 0) is 33.6 Å². The average Bonchev–Trinajstić information content (AvgIpc) is 2.33. The van der Waals surface area contributed by atoms with Crippen LogP contribution in [0.2, 0.25) is 0 Å². The first-order valence-electron chi connectivity index (χ1n) is 6.74. The molecule has 0 aromatic rings. The Morgan fingerprint density at radius 2 is 1.85 bits per heavy atom. The van der Waals surface area contributed by atoms with Crippen LogP contribution in [0.3, 0.4) is 0 Å². The predicted molar refractivity (Wildman–Crippen MR) is 85.3 cm³/mol. The Kier molecular flexibility index (Phi) is 10.1. The Morgan fingerprint density at radius 1 is 1.20 bits per heavy atom. The van der Waals surface area contributed by atoms with Gasteiger partial charge in [-0.1, -0.05) is 23.3 Å². The van der Waals surface area contributed by atoms with E-state index < -0.39 is 12.0 Å². The molecule has 4 nitrogen and oxygen atoms in total. The molecule has 0 aromatic carbocycles. The van der Waals surface area contributed by atoms with Gasteiger partial charge in [0.2, 0.25) is 0 Å². The van der Waals surface area contributed by atoms with Gasteiger partial charge in [-0.25, -0.2) is 0 Å². The lowest BCUT2D eigenvalue weighted by atomic mass is 10.1. The van der Waals surface area contributed by atoms with Crippen molar-refractivity contribution in [2.45, 2.75) is 46.1 Å². The third kappa shape index (κ3) is 9.81. The number of carbonyl (C=O) groups excluding carboxylic acids is 1. The quantitative estimate of drug-likeness (QED) is 0.428. The zero-order valence-electron chi connectivity index (χ0n) is 12.5. The van der Waals surface area contributed by atoms with Crippen LogP contribution in [0.4, 0.5) is 0 Å². The number of ketones is 1. The summed E-state index contributed by atoms with van der Waals surface area (Å²) in [7, 11) is 0. The molecule has 2 N–H and O–H groups in total. The van der Waals surface area contributed by atoms with Gasteiger partial charge in [0.1, 0.15) is 11.8 Å². The number of carboxylic acids is 1. The molecule has 0 unspecified atom stereocenters. The molecule has 0 radical (unpaired) electrons. The van der Waals surface area contributed by atoms with E-state index in [1.807, 2.05) is 19.9 Å². The van der Waals surface area contributed by atoms with Crippen LogP contribution in [-0.2, 0) is 9.59 Å². The first-order valence-corrected chi connectivity index (χ1v) is 7.37. The van der Waals surface area contributed by atoms with Crippen molar-refractivity contribution in [3.05, 3.63) is 23.3 Å². The Labute approximate surface area is 126 Å². The summed E-state index contributed by atoms with van der Waals surface area (Å²) in [5.74, 6) is -0.426. The van der Waals surface area contributed by atoms with Gasteiger partial charge in [0.15, 0.2) is 0 Å². The van der Waals surface area contributed by atoms with Gasteiger partial charge < -0.3 is 10.4 Å². The summed E-state index contributed by atoms with van der Waals surface area (Å²) in [5.41, 5.74) is 2.30. The van der Waals surface area contributed by atoms with Crippen molar-refractivity contribution in [1.29, 1.82) is 0 Å². The summed E-state index contributed by atoms with van der Waals surface area (Å²) in [4.78, 5) is 21.7. The molecule has 0 bridgehead atoms. The molecule has 0 saturated heterocycles. The highest BCUT2D eigenvalue weighted by molar-refractivity contribution is 7.80. The highest BCUT2D eigenvalue weighted by atomic mass is 32.1. The Morgan fingerprint density at radius 3 is 2.35 bits per heavy atom. The summed E-state index contributed by atoms with van der Waals surface area (Å²) in [6, 6.07) is -0.611. The van der Waals surface area contributed by atoms with Crippen LogP contribution in [-0.4, -0.2) is 35.2 Å². The SMILES string of the molecule is CC(=O)CC(C)=CCCC(C)=CCN[C@@H](CS)C(=O)O. The van der Waals surface area contributed by atoms with Gasteiger partial charge >= 0.3 is 5.97 Å². The maximum Gasteiger partial charge on any atom is 0.321 e. The topological polar surface area (TPSA) is 66.4 Å². The minimum Gasteiger partial charge on any atom is -0.480 e. The lowest BCUT2D eigenvalue weighted by molar-refractivity contribution is -0.138. The molecule has 0 spiro atoms. The van der Waals surface area contributed by atoms with Crippen LogP contribution < -0.4 is 5.32 Å². The number of allylic oxidation sites excluding steroid dienone is 3. The lowest BCUT2D eigenvalue weighted by Crippen LogP contribution is -2.38. The normalized spacial score (nSPS) is 14.2. The molecule has 1 atom stereocenters. The van der Waals surface area contributed by atoms with E-state index in [0.717, 1.165) is 18.4 Å². The van der Waals surface area contributed by atoms with E-state index in [1.54, 1.807) is 6.92 Å². The number of hydrogen-bond donors (Lipinski definition) is 3. The summed E-state index contributed by atoms with van der Waals surface area (Å²) in [5, 5.41) is 11.8. The molecule has 0 fully saturated rings. The van der Waals surface area contributed by atoms with Gasteiger partial charge in [0, 0.05) is 18.7 Å². The number of nitrogens with one attached hydrogen (secondary N) is 1. The number of thiol groups is 1. The zero-order valence-corrected chi connectivity index (χ0v) is 13.4. The molecule has 0 aliphatic carbocycles. The average molecular weight is 299 g/mol. The largest absolute Gasteiger partial charge is 0.480 e. The lowest BCUT2D eigenvalue weighted by Gasteiger charge is -2.10. The Bertz CT molecular complexity index is 389. The van der Waals surface area contributed by atoms with Crippen molar-refractivity contribution in [2.24, 2.45) is 0 Å². The molecule has 5 heteroatoms. The third-order valence-corrected chi connectivity index (χ3v) is 3.22. The smallest absolute Gasteiger partial charge is 0.321 e. The molecule has 0 aliphatic heterocycles. The molecule has 0 aliphatic rings. The molecule has 114 valence electrons. The number of rotatable bonds is 10. The third-order valence-electron chi connectivity index (χ3n) is 2.85. The van der Waals surface area contributed by atoms with E-state index in [1.165, 1.54) is 5.57 Å². The summed E-state index contributed by atoms with van der Waals surface area (Å²) >= 11 is 3.99. The summed E-state index contributed by atoms with van der Waals surface area (Å²) < 4.78 is 0. The molecule has 0 heterocycles. The second-order valence-electron chi connectivity index (χ2n) is 5.00. The molecule has 0 aromatic heterocycles. The van der Waals surface area contributed by atoms with Gasteiger partial charge in [0.05, 0.1) is 0 Å².